The predicted octanol–water partition coefficient (Wildman–Crippen LogP) is 5.08. The molecule has 0 aliphatic heterocycles. The quantitative estimate of drug-likeness (QED) is 0.235. The van der Waals surface area contributed by atoms with Gasteiger partial charge >= 0.3 is 0 Å². The van der Waals surface area contributed by atoms with E-state index in [4.69, 9.17) is 4.98 Å². The zero-order valence-electron chi connectivity index (χ0n) is 17.6. The number of amides is 1. The van der Waals surface area contributed by atoms with Gasteiger partial charge in [-0.2, -0.15) is 0 Å². The first-order chi connectivity index (χ1) is 15.5. The minimum Gasteiger partial charge on any atom is -0.325 e. The molecule has 2 aromatic heterocycles. The third kappa shape index (κ3) is 4.51. The van der Waals surface area contributed by atoms with E-state index in [0.717, 1.165) is 11.1 Å². The van der Waals surface area contributed by atoms with Crippen molar-refractivity contribution in [2.24, 2.45) is 0 Å². The number of carbonyl (C=O) groups is 2. The maximum atomic E-state index is 13.0. The van der Waals surface area contributed by atoms with Gasteiger partial charge in [0.2, 0.25) is 5.91 Å². The first kappa shape index (κ1) is 22.0. The number of hydrogen-bond donors (Lipinski definition) is 1. The summed E-state index contributed by atoms with van der Waals surface area (Å²) >= 11 is 2.63. The number of ketones is 1. The first-order valence-corrected chi connectivity index (χ1v) is 12.0. The molecule has 162 valence electrons. The number of thioether (sulfide) groups is 1. The van der Waals surface area contributed by atoms with E-state index < -0.39 is 0 Å². The van der Waals surface area contributed by atoms with Crippen LogP contribution in [0.2, 0.25) is 0 Å². The number of aromatic nitrogens is 2. The molecule has 2 heterocycles. The number of benzene rings is 2. The van der Waals surface area contributed by atoms with Gasteiger partial charge in [0.25, 0.3) is 5.56 Å². The van der Waals surface area contributed by atoms with Gasteiger partial charge in [0, 0.05) is 28.7 Å². The standard InChI is InChI=1S/C24H21N3O3S2/c1-3-27-23(30)22-21(19(13-31-22)17-7-5-4-6-8-17)26-24(27)32-14-20(29)25-18-11-9-16(10-12-18)15(2)28/h4-13H,3,14H2,1-2H3,(H,25,29). The van der Waals surface area contributed by atoms with Gasteiger partial charge in [0.15, 0.2) is 10.9 Å². The summed E-state index contributed by atoms with van der Waals surface area (Å²) in [5, 5.41) is 5.29. The number of fused-ring (bicyclic) bond motifs is 1. The van der Waals surface area contributed by atoms with E-state index in [1.807, 2.05) is 42.6 Å². The Hall–Kier alpha value is -3.23. The Morgan fingerprint density at radius 2 is 1.81 bits per heavy atom. The lowest BCUT2D eigenvalue weighted by Crippen LogP contribution is -2.22. The second-order valence-electron chi connectivity index (χ2n) is 7.11. The lowest BCUT2D eigenvalue weighted by atomic mass is 10.1. The zero-order valence-corrected chi connectivity index (χ0v) is 19.3. The highest BCUT2D eigenvalue weighted by atomic mass is 32.2. The van der Waals surface area contributed by atoms with Crippen molar-refractivity contribution < 1.29 is 9.59 Å². The molecule has 0 atom stereocenters. The van der Waals surface area contributed by atoms with Gasteiger partial charge in [0.05, 0.1) is 11.3 Å². The normalized spacial score (nSPS) is 10.9. The minimum absolute atomic E-state index is 0.0271. The lowest BCUT2D eigenvalue weighted by molar-refractivity contribution is -0.113. The van der Waals surface area contributed by atoms with Gasteiger partial charge < -0.3 is 5.32 Å². The molecular formula is C24H21N3O3S2. The largest absolute Gasteiger partial charge is 0.325 e. The van der Waals surface area contributed by atoms with Crippen molar-refractivity contribution in [3.63, 3.8) is 0 Å². The number of thiophene rings is 1. The molecule has 0 fully saturated rings. The maximum Gasteiger partial charge on any atom is 0.272 e. The van der Waals surface area contributed by atoms with Crippen molar-refractivity contribution in [2.45, 2.75) is 25.5 Å². The van der Waals surface area contributed by atoms with Crippen LogP contribution in [0.4, 0.5) is 5.69 Å². The predicted molar refractivity (Wildman–Crippen MR) is 131 cm³/mol. The molecule has 0 aliphatic rings. The smallest absolute Gasteiger partial charge is 0.272 e. The van der Waals surface area contributed by atoms with Crippen LogP contribution < -0.4 is 10.9 Å². The Kier molecular flexibility index (Phi) is 6.53. The van der Waals surface area contributed by atoms with Gasteiger partial charge in [-0.05, 0) is 43.7 Å². The minimum atomic E-state index is -0.212. The number of Topliss-reactive ketones (excluding diaryl/α,β-unsaturated/α-hetero) is 1. The molecule has 8 heteroatoms. The average molecular weight is 464 g/mol. The number of hydrogen-bond acceptors (Lipinski definition) is 6. The highest BCUT2D eigenvalue weighted by Gasteiger charge is 2.17. The van der Waals surface area contributed by atoms with Crippen molar-refractivity contribution in [1.29, 1.82) is 0 Å². The highest BCUT2D eigenvalue weighted by molar-refractivity contribution is 7.99. The van der Waals surface area contributed by atoms with E-state index in [0.29, 0.717) is 33.2 Å². The summed E-state index contributed by atoms with van der Waals surface area (Å²) in [4.78, 5) is 41.7. The topological polar surface area (TPSA) is 81.1 Å². The van der Waals surface area contributed by atoms with Gasteiger partial charge in [-0.3, -0.25) is 19.0 Å². The third-order valence-corrected chi connectivity index (χ3v) is 6.88. The molecule has 0 spiro atoms. The monoisotopic (exact) mass is 463 g/mol. The summed E-state index contributed by atoms with van der Waals surface area (Å²) in [7, 11) is 0. The van der Waals surface area contributed by atoms with Gasteiger partial charge in [-0.1, -0.05) is 42.1 Å². The van der Waals surface area contributed by atoms with E-state index in [1.54, 1.807) is 28.8 Å². The molecule has 32 heavy (non-hydrogen) atoms. The van der Waals surface area contributed by atoms with Gasteiger partial charge in [0.1, 0.15) is 4.70 Å². The van der Waals surface area contributed by atoms with E-state index in [1.165, 1.54) is 30.0 Å². The van der Waals surface area contributed by atoms with Crippen LogP contribution >= 0.6 is 23.1 Å². The van der Waals surface area contributed by atoms with Crippen LogP contribution in [0.25, 0.3) is 21.3 Å². The van der Waals surface area contributed by atoms with Crippen molar-refractivity contribution in [3.8, 4) is 11.1 Å². The Balaban J connectivity index is 1.57. The van der Waals surface area contributed by atoms with E-state index in [2.05, 4.69) is 5.32 Å². The summed E-state index contributed by atoms with van der Waals surface area (Å²) in [5.41, 5.74) is 3.70. The summed E-state index contributed by atoms with van der Waals surface area (Å²) < 4.78 is 2.22. The summed E-state index contributed by atoms with van der Waals surface area (Å²) in [6, 6.07) is 16.6. The van der Waals surface area contributed by atoms with Crippen LogP contribution in [0.5, 0.6) is 0 Å². The zero-order chi connectivity index (χ0) is 22.7. The SMILES string of the molecule is CCn1c(SCC(=O)Nc2ccc(C(C)=O)cc2)nc2c(-c3ccccc3)csc2c1=O. The molecule has 0 aliphatic carbocycles. The molecule has 4 aromatic rings. The van der Waals surface area contributed by atoms with Crippen LogP contribution in [-0.2, 0) is 11.3 Å². The van der Waals surface area contributed by atoms with Gasteiger partial charge in [-0.25, -0.2) is 4.98 Å². The molecular weight excluding hydrogens is 442 g/mol. The molecule has 0 unspecified atom stereocenters. The highest BCUT2D eigenvalue weighted by Crippen LogP contribution is 2.32. The Bertz CT molecular complexity index is 1340. The maximum absolute atomic E-state index is 13.0. The molecule has 0 saturated heterocycles. The fraction of sp³-hybridized carbons (Fsp3) is 0.167. The van der Waals surface area contributed by atoms with Crippen LogP contribution in [0, 0.1) is 0 Å². The summed E-state index contributed by atoms with van der Waals surface area (Å²) in [5.74, 6) is -0.131. The van der Waals surface area contributed by atoms with Gasteiger partial charge in [-0.15, -0.1) is 11.3 Å². The lowest BCUT2D eigenvalue weighted by Gasteiger charge is -2.11. The average Bonchev–Trinajstić information content (AvgIpc) is 3.23. The number of nitrogens with one attached hydrogen (secondary N) is 1. The Morgan fingerprint density at radius 3 is 2.47 bits per heavy atom. The number of carbonyl (C=O) groups excluding carboxylic acids is 2. The molecule has 0 radical (unpaired) electrons. The molecule has 4 rings (SSSR count). The molecule has 1 N–H and O–H groups in total. The van der Waals surface area contributed by atoms with Crippen LogP contribution in [0.1, 0.15) is 24.2 Å². The summed E-state index contributed by atoms with van der Waals surface area (Å²) in [6.45, 7) is 3.86. The van der Waals surface area contributed by atoms with E-state index in [-0.39, 0.29) is 23.0 Å². The van der Waals surface area contributed by atoms with Crippen molar-refractivity contribution in [1.82, 2.24) is 9.55 Å². The van der Waals surface area contributed by atoms with Crippen molar-refractivity contribution in [3.05, 3.63) is 75.9 Å². The number of rotatable bonds is 7. The molecule has 2 aromatic carbocycles. The van der Waals surface area contributed by atoms with Crippen molar-refractivity contribution >= 4 is 50.7 Å². The van der Waals surface area contributed by atoms with Crippen LogP contribution in [-0.4, -0.2) is 27.0 Å². The molecule has 1 amide bonds. The fourth-order valence-electron chi connectivity index (χ4n) is 3.31. The second-order valence-corrected chi connectivity index (χ2v) is 8.93. The Morgan fingerprint density at radius 1 is 1.09 bits per heavy atom. The molecule has 0 bridgehead atoms. The first-order valence-electron chi connectivity index (χ1n) is 10.1. The number of anilines is 1. The molecule has 0 saturated carbocycles. The van der Waals surface area contributed by atoms with Crippen LogP contribution in [0.3, 0.4) is 0 Å². The van der Waals surface area contributed by atoms with E-state index >= 15 is 0 Å². The van der Waals surface area contributed by atoms with Crippen molar-refractivity contribution in [2.75, 3.05) is 11.1 Å². The second kappa shape index (κ2) is 9.50. The molecule has 6 nitrogen and oxygen atoms in total. The van der Waals surface area contributed by atoms with E-state index in [9.17, 15) is 14.4 Å². The Labute approximate surface area is 193 Å². The summed E-state index contributed by atoms with van der Waals surface area (Å²) in [6.07, 6.45) is 0. The fourth-order valence-corrected chi connectivity index (χ4v) is 5.12. The number of nitrogens with zero attached hydrogens (tertiary/aromatic N) is 2. The third-order valence-electron chi connectivity index (χ3n) is 4.95. The van der Waals surface area contributed by atoms with Crippen LogP contribution in [0.15, 0.2) is 69.9 Å².